The molecule has 6 aromatic rings. The number of β-amino-alcohol motifs (C(OH)–C–C–N with tert-alkyl or cyclic N) is 1. The number of hydrogen-bond acceptors (Lipinski definition) is 15. The van der Waals surface area contributed by atoms with E-state index in [1.807, 2.05) is 81.7 Å². The molecule has 7 rings (SSSR count). The molecule has 1 aliphatic rings. The number of amides is 3. The fourth-order valence-corrected chi connectivity index (χ4v) is 9.37. The molecule has 1 fully saturated rings. The molecule has 0 bridgehead atoms. The lowest BCUT2D eigenvalue weighted by Gasteiger charge is -2.29. The van der Waals surface area contributed by atoms with Gasteiger partial charge in [0.05, 0.1) is 34.8 Å². The highest BCUT2D eigenvalue weighted by molar-refractivity contribution is 7.13. The largest absolute Gasteiger partial charge is 0.507 e. The highest BCUT2D eigenvalue weighted by Gasteiger charge is 2.43. The first-order valence-electron chi connectivity index (χ1n) is 24.3. The predicted molar refractivity (Wildman–Crippen MR) is 272 cm³/mol. The van der Waals surface area contributed by atoms with E-state index in [1.54, 1.807) is 47.7 Å². The highest BCUT2D eigenvalue weighted by atomic mass is 32.1. The Kier molecular flexibility index (Phi) is 18.5. The number of hydrogen-bond donors (Lipinski definition) is 6. The number of nitrogen functional groups attached to an aromatic ring is 1. The summed E-state index contributed by atoms with van der Waals surface area (Å²) in [6, 6.07) is 25.0. The molecular weight excluding hydrogens is 923 g/mol. The normalized spacial score (nSPS) is 15.4. The van der Waals surface area contributed by atoms with E-state index in [0.29, 0.717) is 61.9 Å². The van der Waals surface area contributed by atoms with Crippen LogP contribution in [0.5, 0.6) is 17.4 Å². The van der Waals surface area contributed by atoms with Gasteiger partial charge in [0.15, 0.2) is 17.3 Å². The van der Waals surface area contributed by atoms with Gasteiger partial charge in [-0.15, -0.1) is 21.5 Å². The summed E-state index contributed by atoms with van der Waals surface area (Å²) >= 11 is 1.58. The van der Waals surface area contributed by atoms with Crippen LogP contribution in [0.1, 0.15) is 99.4 Å². The number of rotatable bonds is 25. The molecule has 3 aromatic carbocycles. The summed E-state index contributed by atoms with van der Waals surface area (Å²) in [5, 5.41) is 42.4. The quantitative estimate of drug-likeness (QED) is 0.0309. The number of thiazole rings is 1. The smallest absolute Gasteiger partial charge is 0.254 e. The predicted octanol–water partition coefficient (Wildman–Crippen LogP) is 7.29. The van der Waals surface area contributed by atoms with Gasteiger partial charge in [-0.2, -0.15) is 0 Å². The molecule has 0 unspecified atom stereocenters. The second-order valence-electron chi connectivity index (χ2n) is 18.3. The van der Waals surface area contributed by atoms with Crippen molar-refractivity contribution in [1.82, 2.24) is 41.2 Å². The van der Waals surface area contributed by atoms with E-state index in [-0.39, 0.29) is 60.1 Å². The van der Waals surface area contributed by atoms with Crippen LogP contribution in [0.4, 0.5) is 5.82 Å². The molecule has 3 aromatic heterocycles. The number of nitrogens with one attached hydrogen (secondary N) is 3. The first kappa shape index (κ1) is 51.9. The van der Waals surface area contributed by atoms with Gasteiger partial charge in [-0.25, -0.2) is 4.98 Å². The van der Waals surface area contributed by atoms with Crippen molar-refractivity contribution in [2.75, 3.05) is 38.6 Å². The van der Waals surface area contributed by atoms with Crippen LogP contribution in [-0.2, 0) is 27.3 Å². The number of nitrogens with two attached hydrogens (primary N) is 1. The molecule has 1 saturated heterocycles. The van der Waals surface area contributed by atoms with Crippen molar-refractivity contribution in [2.45, 2.75) is 103 Å². The summed E-state index contributed by atoms with van der Waals surface area (Å²) in [5.41, 5.74) is 13.9. The van der Waals surface area contributed by atoms with Crippen LogP contribution < -0.4 is 31.2 Å². The van der Waals surface area contributed by atoms with Gasteiger partial charge >= 0.3 is 0 Å². The van der Waals surface area contributed by atoms with Crippen LogP contribution >= 0.6 is 11.3 Å². The lowest BCUT2D eigenvalue weighted by atomic mass is 9.91. The molecule has 1 aliphatic heterocycles. The second-order valence-corrected chi connectivity index (χ2v) is 19.1. The molecule has 0 spiro atoms. The average molecular weight is 988 g/mol. The van der Waals surface area contributed by atoms with Gasteiger partial charge < -0.3 is 50.8 Å². The summed E-state index contributed by atoms with van der Waals surface area (Å²) in [7, 11) is 0. The van der Waals surface area contributed by atoms with Crippen molar-refractivity contribution in [3.63, 3.8) is 0 Å². The molecule has 4 heterocycles. The zero-order valence-electron chi connectivity index (χ0n) is 40.8. The Morgan fingerprint density at radius 2 is 1.68 bits per heavy atom. The van der Waals surface area contributed by atoms with Crippen LogP contribution in [0.3, 0.4) is 0 Å². The molecule has 4 atom stereocenters. The summed E-state index contributed by atoms with van der Waals surface area (Å²) in [6.45, 7) is 10.3. The third-order valence-electron chi connectivity index (χ3n) is 12.6. The van der Waals surface area contributed by atoms with E-state index in [0.717, 1.165) is 65.1 Å². The second kappa shape index (κ2) is 25.3. The number of aromatic hydroxyl groups is 1. The number of aryl methyl sites for hydroxylation is 1. The number of aromatic nitrogens is 4. The summed E-state index contributed by atoms with van der Waals surface area (Å²) in [4.78, 5) is 47.2. The van der Waals surface area contributed by atoms with E-state index < -0.39 is 18.1 Å². The Balaban J connectivity index is 0.741. The maximum atomic E-state index is 14.1. The number of para-hydroxylation sites is 1. The van der Waals surface area contributed by atoms with E-state index in [9.17, 15) is 24.6 Å². The van der Waals surface area contributed by atoms with Crippen molar-refractivity contribution in [3.05, 3.63) is 119 Å². The minimum absolute atomic E-state index is 0.0257. The SMILES string of the molecule is Cc1ncsc1-c1ccc([C@H](C)NC(=O)[C@@H]2C[C@@H](O)CN2C(=O)[C@@H](c2cc(OCCNCCCCCCC(=O)NCc3ccc(CCOc4cc(-c5ccccc5O)nnc4N)cc3)no2)C(C)C)cc1. The van der Waals surface area contributed by atoms with E-state index >= 15 is 0 Å². The monoisotopic (exact) mass is 987 g/mol. The number of nitrogens with zero attached hydrogens (tertiary/aromatic N) is 5. The molecular formula is C53H65N9O8S. The van der Waals surface area contributed by atoms with Gasteiger partial charge in [-0.3, -0.25) is 14.4 Å². The number of aliphatic hydroxyl groups excluding tert-OH is 1. The molecule has 7 N–H and O–H groups in total. The molecule has 0 saturated carbocycles. The Bertz CT molecular complexity index is 2680. The molecule has 3 amide bonds. The number of benzene rings is 3. The zero-order valence-corrected chi connectivity index (χ0v) is 41.6. The van der Waals surface area contributed by atoms with Crippen LogP contribution in [0, 0.1) is 12.8 Å². The van der Waals surface area contributed by atoms with Gasteiger partial charge in [0, 0.05) is 56.6 Å². The molecule has 376 valence electrons. The summed E-state index contributed by atoms with van der Waals surface area (Å²) in [6.07, 6.45) is 4.13. The van der Waals surface area contributed by atoms with Gasteiger partial charge in [0.25, 0.3) is 5.88 Å². The van der Waals surface area contributed by atoms with Crippen molar-refractivity contribution in [3.8, 4) is 39.1 Å². The minimum atomic E-state index is -0.834. The Morgan fingerprint density at radius 1 is 0.915 bits per heavy atom. The number of carbonyl (C=O) groups is 3. The van der Waals surface area contributed by atoms with E-state index in [2.05, 4.69) is 36.3 Å². The first-order chi connectivity index (χ1) is 34.3. The van der Waals surface area contributed by atoms with Crippen LogP contribution in [0.25, 0.3) is 21.7 Å². The number of phenolic OH excluding ortho intramolecular Hbond substituents is 1. The molecule has 71 heavy (non-hydrogen) atoms. The number of likely N-dealkylation sites (tertiary alicyclic amines) is 1. The maximum Gasteiger partial charge on any atom is 0.254 e. The number of phenols is 1. The zero-order chi connectivity index (χ0) is 50.3. The standard InChI is InChI=1S/C53H65N9O8S/c1-33(2)49(53(67)62-31-40(63)27-43(62)52(66)58-34(3)38-18-20-39(21-19-38)50-35(4)57-32-71-50)45-29-48(61-70-45)69-26-24-55-23-10-6-5-7-13-47(65)56-30-37-16-14-36(15-17-37)22-25-68-46-28-42(59-60-51(46)54)41-11-8-9-12-44(41)64/h8-9,11-12,14-21,28-29,32-34,40,43,49,55,63-64H,5-7,10,13,22-27,30-31H2,1-4H3,(H2,54,60)(H,56,65)(H,58,66)/t34-,40+,43-,49+/m0/s1. The Labute approximate surface area is 418 Å². The van der Waals surface area contributed by atoms with Crippen molar-refractivity contribution in [2.24, 2.45) is 5.92 Å². The van der Waals surface area contributed by atoms with Gasteiger partial charge in [-0.1, -0.05) is 87.4 Å². The summed E-state index contributed by atoms with van der Waals surface area (Å²) < 4.78 is 17.4. The van der Waals surface area contributed by atoms with Crippen LogP contribution in [-0.4, -0.2) is 98.2 Å². The lowest BCUT2D eigenvalue weighted by Crippen LogP contribution is -2.48. The summed E-state index contributed by atoms with van der Waals surface area (Å²) in [5.74, 6) is -0.236. The lowest BCUT2D eigenvalue weighted by molar-refractivity contribution is -0.141. The van der Waals surface area contributed by atoms with E-state index in [1.165, 1.54) is 4.90 Å². The Morgan fingerprint density at radius 3 is 2.42 bits per heavy atom. The highest BCUT2D eigenvalue weighted by Crippen LogP contribution is 2.34. The first-order valence-corrected chi connectivity index (χ1v) is 25.2. The Hall–Kier alpha value is -6.89. The average Bonchev–Trinajstić information content (AvgIpc) is 4.12. The minimum Gasteiger partial charge on any atom is -0.507 e. The maximum absolute atomic E-state index is 14.1. The van der Waals surface area contributed by atoms with Crippen LogP contribution in [0.2, 0.25) is 0 Å². The molecule has 18 heteroatoms. The number of ether oxygens (including phenoxy) is 2. The fraction of sp³-hybridized carbons (Fsp3) is 0.415. The third-order valence-corrected chi connectivity index (χ3v) is 13.5. The van der Waals surface area contributed by atoms with Gasteiger partial charge in [0.1, 0.15) is 30.0 Å². The fourth-order valence-electron chi connectivity index (χ4n) is 8.56. The van der Waals surface area contributed by atoms with Gasteiger partial charge in [-0.05, 0) is 78.7 Å². The van der Waals surface area contributed by atoms with E-state index in [4.69, 9.17) is 19.7 Å². The third kappa shape index (κ3) is 14.4. The number of aliphatic hydroxyl groups is 1. The number of unbranched alkanes of at least 4 members (excludes halogenated alkanes) is 3. The van der Waals surface area contributed by atoms with Gasteiger partial charge in [0.2, 0.25) is 17.7 Å². The van der Waals surface area contributed by atoms with Crippen molar-refractivity contribution >= 4 is 34.9 Å². The molecule has 0 aliphatic carbocycles. The van der Waals surface area contributed by atoms with Crippen molar-refractivity contribution in [1.29, 1.82) is 0 Å². The molecule has 17 nitrogen and oxygen atoms in total. The molecule has 0 radical (unpaired) electrons. The topological polar surface area (TPSA) is 240 Å². The number of anilines is 1. The van der Waals surface area contributed by atoms with Crippen molar-refractivity contribution < 1.29 is 38.6 Å². The van der Waals surface area contributed by atoms with Crippen LogP contribution in [0.15, 0.2) is 95.0 Å². The number of carbonyl (C=O) groups excluding carboxylic acids is 3.